The van der Waals surface area contributed by atoms with Gasteiger partial charge in [0.2, 0.25) is 0 Å². The molecule has 2 heterocycles. The molecule has 0 spiro atoms. The van der Waals surface area contributed by atoms with E-state index in [-0.39, 0.29) is 12.2 Å². The van der Waals surface area contributed by atoms with Crippen LogP contribution in [0.1, 0.15) is 36.0 Å². The Morgan fingerprint density at radius 3 is 2.91 bits per heavy atom. The number of H-pyrrole nitrogens is 1. The first-order chi connectivity index (χ1) is 16.4. The number of hydrogen-bond donors (Lipinski definition) is 2. The number of fused-ring (bicyclic) bond motifs is 3. The van der Waals surface area contributed by atoms with Gasteiger partial charge in [-0.25, -0.2) is 4.98 Å². The quantitative estimate of drug-likeness (QED) is 0.382. The zero-order chi connectivity index (χ0) is 24.1. The summed E-state index contributed by atoms with van der Waals surface area (Å²) in [4.78, 5) is 25.0. The number of rotatable bonds is 11. The smallest absolute Gasteiger partial charge is 0.259 e. The number of aryl methyl sites for hydroxylation is 1. The van der Waals surface area contributed by atoms with Gasteiger partial charge < -0.3 is 19.6 Å². The molecule has 0 fully saturated rings. The lowest BCUT2D eigenvalue weighted by Gasteiger charge is -2.24. The summed E-state index contributed by atoms with van der Waals surface area (Å²) >= 11 is 7.56. The molecule has 0 saturated carbocycles. The van der Waals surface area contributed by atoms with Crippen LogP contribution < -0.4 is 10.3 Å². The third kappa shape index (κ3) is 6.37. The van der Waals surface area contributed by atoms with Crippen molar-refractivity contribution in [1.29, 1.82) is 0 Å². The maximum absolute atomic E-state index is 13.0. The van der Waals surface area contributed by atoms with Crippen LogP contribution in [0.4, 0.5) is 0 Å². The largest absolute Gasteiger partial charge is 0.491 e. The molecule has 2 unspecified atom stereocenters. The van der Waals surface area contributed by atoms with E-state index in [0.29, 0.717) is 48.8 Å². The van der Waals surface area contributed by atoms with Crippen LogP contribution >= 0.6 is 22.9 Å². The van der Waals surface area contributed by atoms with Crippen molar-refractivity contribution in [3.63, 3.8) is 0 Å². The minimum absolute atomic E-state index is 0.0597. The molecule has 0 aliphatic heterocycles. The number of nitrogens with zero attached hydrogens (tertiary/aromatic N) is 2. The fourth-order valence-corrected chi connectivity index (χ4v) is 5.95. The number of methoxy groups -OCH3 is 1. The summed E-state index contributed by atoms with van der Waals surface area (Å²) in [6.45, 7) is 4.56. The number of hydrogen-bond acceptors (Lipinski definition) is 7. The lowest BCUT2D eigenvalue weighted by atomic mass is 9.89. The number of ether oxygens (including phenoxy) is 2. The molecule has 0 bridgehead atoms. The highest BCUT2D eigenvalue weighted by atomic mass is 35.5. The first kappa shape index (κ1) is 25.1. The Hall–Kier alpha value is -1.97. The van der Waals surface area contributed by atoms with Crippen molar-refractivity contribution in [3.8, 4) is 5.75 Å². The van der Waals surface area contributed by atoms with Crippen LogP contribution in [0.25, 0.3) is 10.2 Å². The van der Waals surface area contributed by atoms with E-state index in [2.05, 4.69) is 16.8 Å². The van der Waals surface area contributed by atoms with Crippen molar-refractivity contribution in [2.75, 3.05) is 33.4 Å². The minimum atomic E-state index is -0.704. The van der Waals surface area contributed by atoms with Gasteiger partial charge in [-0.1, -0.05) is 18.5 Å². The van der Waals surface area contributed by atoms with Gasteiger partial charge in [0.05, 0.1) is 11.9 Å². The number of benzene rings is 1. The van der Waals surface area contributed by atoms with Crippen LogP contribution in [0.2, 0.25) is 5.02 Å². The monoisotopic (exact) mass is 505 g/mol. The molecular weight excluding hydrogens is 474 g/mol. The second-order valence-electron chi connectivity index (χ2n) is 9.04. The van der Waals surface area contributed by atoms with Gasteiger partial charge in [-0.2, -0.15) is 0 Å². The first-order valence-electron chi connectivity index (χ1n) is 11.7. The fourth-order valence-electron chi connectivity index (χ4n) is 4.42. The number of aliphatic hydroxyl groups excluding tert-OH is 1. The normalized spacial score (nSPS) is 16.7. The summed E-state index contributed by atoms with van der Waals surface area (Å²) in [5.74, 6) is 1.92. The second-order valence-corrected chi connectivity index (χ2v) is 10.6. The third-order valence-electron chi connectivity index (χ3n) is 6.14. The predicted octanol–water partition coefficient (Wildman–Crippen LogP) is 4.04. The van der Waals surface area contributed by atoms with Gasteiger partial charge in [0, 0.05) is 36.7 Å². The molecule has 184 valence electrons. The number of thiophene rings is 1. The summed E-state index contributed by atoms with van der Waals surface area (Å²) in [5, 5.41) is 12.0. The van der Waals surface area contributed by atoms with E-state index in [1.54, 1.807) is 42.7 Å². The molecule has 4 rings (SSSR count). The SMILES string of the molecule is COCCCN(Cc1nc2sc3c(c2c(=O)[nH]1)CCC(C)C3)CC(O)COc1ccc(Cl)cc1. The van der Waals surface area contributed by atoms with E-state index in [0.717, 1.165) is 35.9 Å². The number of aromatic amines is 1. The van der Waals surface area contributed by atoms with Crippen LogP contribution in [-0.2, 0) is 24.1 Å². The highest BCUT2D eigenvalue weighted by Crippen LogP contribution is 2.35. The molecule has 2 N–H and O–H groups in total. The molecule has 3 aromatic rings. The van der Waals surface area contributed by atoms with Gasteiger partial charge in [0.15, 0.2) is 0 Å². The topological polar surface area (TPSA) is 87.7 Å². The molecule has 0 saturated heterocycles. The predicted molar refractivity (Wildman–Crippen MR) is 136 cm³/mol. The van der Waals surface area contributed by atoms with Crippen LogP contribution in [0.15, 0.2) is 29.1 Å². The standard InChI is InChI=1S/C25H32ClN3O4S/c1-16-4-9-20-21(12-16)34-25-23(20)24(31)27-22(28-25)14-29(10-3-11-32-2)13-18(30)15-33-19-7-5-17(26)6-8-19/h5-8,16,18,30H,3-4,9-15H2,1-2H3,(H,27,28,31). The number of nitrogens with one attached hydrogen (secondary N) is 1. The average molecular weight is 506 g/mol. The van der Waals surface area contributed by atoms with Gasteiger partial charge >= 0.3 is 0 Å². The highest BCUT2D eigenvalue weighted by Gasteiger charge is 2.23. The molecule has 1 aliphatic rings. The van der Waals surface area contributed by atoms with Gasteiger partial charge in [0.25, 0.3) is 5.56 Å². The van der Waals surface area contributed by atoms with E-state index in [9.17, 15) is 9.90 Å². The molecule has 1 aromatic carbocycles. The van der Waals surface area contributed by atoms with E-state index in [4.69, 9.17) is 26.1 Å². The Morgan fingerprint density at radius 2 is 2.15 bits per heavy atom. The lowest BCUT2D eigenvalue weighted by molar-refractivity contribution is 0.0609. The molecular formula is C25H32ClN3O4S. The summed E-state index contributed by atoms with van der Waals surface area (Å²) in [5.41, 5.74) is 1.13. The minimum Gasteiger partial charge on any atom is -0.491 e. The molecule has 0 radical (unpaired) electrons. The highest BCUT2D eigenvalue weighted by molar-refractivity contribution is 7.18. The Bertz CT molecular complexity index is 1150. The Balaban J connectivity index is 1.45. The van der Waals surface area contributed by atoms with E-state index in [1.807, 2.05) is 0 Å². The van der Waals surface area contributed by atoms with Crippen LogP contribution in [0.3, 0.4) is 0 Å². The van der Waals surface area contributed by atoms with Crippen molar-refractivity contribution in [1.82, 2.24) is 14.9 Å². The van der Waals surface area contributed by atoms with Gasteiger partial charge in [-0.15, -0.1) is 11.3 Å². The molecule has 7 nitrogen and oxygen atoms in total. The number of aromatic nitrogens is 2. The summed E-state index contributed by atoms with van der Waals surface area (Å²) in [6, 6.07) is 7.05. The summed E-state index contributed by atoms with van der Waals surface area (Å²) < 4.78 is 10.9. The van der Waals surface area contributed by atoms with Gasteiger partial charge in [-0.05, 0) is 61.4 Å². The molecule has 2 aromatic heterocycles. The number of halogens is 1. The lowest BCUT2D eigenvalue weighted by Crippen LogP contribution is -2.37. The van der Waals surface area contributed by atoms with Crippen molar-refractivity contribution in [2.45, 2.75) is 45.3 Å². The first-order valence-corrected chi connectivity index (χ1v) is 12.9. The molecule has 34 heavy (non-hydrogen) atoms. The maximum Gasteiger partial charge on any atom is 0.259 e. The molecule has 2 atom stereocenters. The average Bonchev–Trinajstić information content (AvgIpc) is 3.16. The van der Waals surface area contributed by atoms with E-state index < -0.39 is 6.10 Å². The molecule has 9 heteroatoms. The summed E-state index contributed by atoms with van der Waals surface area (Å²) in [6.07, 6.45) is 3.18. The van der Waals surface area contributed by atoms with Crippen LogP contribution in [0, 0.1) is 5.92 Å². The zero-order valence-electron chi connectivity index (χ0n) is 19.7. The zero-order valence-corrected chi connectivity index (χ0v) is 21.3. The molecule has 0 amide bonds. The second kappa shape index (κ2) is 11.6. The molecule has 1 aliphatic carbocycles. The van der Waals surface area contributed by atoms with E-state index >= 15 is 0 Å². The van der Waals surface area contributed by atoms with Gasteiger partial charge in [-0.3, -0.25) is 9.69 Å². The van der Waals surface area contributed by atoms with Crippen molar-refractivity contribution < 1.29 is 14.6 Å². The summed E-state index contributed by atoms with van der Waals surface area (Å²) in [7, 11) is 1.67. The fraction of sp³-hybridized carbons (Fsp3) is 0.520. The third-order valence-corrected chi connectivity index (χ3v) is 7.54. The maximum atomic E-state index is 13.0. The Morgan fingerprint density at radius 1 is 1.35 bits per heavy atom. The van der Waals surface area contributed by atoms with Crippen molar-refractivity contribution >= 4 is 33.2 Å². The van der Waals surface area contributed by atoms with Crippen LogP contribution in [0.5, 0.6) is 5.75 Å². The van der Waals surface area contributed by atoms with Gasteiger partial charge in [0.1, 0.15) is 29.1 Å². The van der Waals surface area contributed by atoms with Crippen molar-refractivity contribution in [3.05, 3.63) is 55.9 Å². The number of aliphatic hydroxyl groups is 1. The van der Waals surface area contributed by atoms with E-state index in [1.165, 1.54) is 10.4 Å². The Kier molecular flexibility index (Phi) is 8.60. The Labute approximate surface area is 208 Å². The van der Waals surface area contributed by atoms with Crippen LogP contribution in [-0.4, -0.2) is 59.5 Å². The van der Waals surface area contributed by atoms with Crippen molar-refractivity contribution in [2.24, 2.45) is 5.92 Å².